The fourth-order valence-corrected chi connectivity index (χ4v) is 2.15. The highest BCUT2D eigenvalue weighted by molar-refractivity contribution is 5.54. The number of hydrogen-bond donors (Lipinski definition) is 0. The van der Waals surface area contributed by atoms with Crippen molar-refractivity contribution in [2.75, 3.05) is 6.61 Å². The normalized spacial score (nSPS) is 19.6. The zero-order valence-corrected chi connectivity index (χ0v) is 10.4. The van der Waals surface area contributed by atoms with Crippen LogP contribution < -0.4 is 0 Å². The molecule has 2 nitrogen and oxygen atoms in total. The average molecular weight is 224 g/mol. The standard InChI is InChI=1S/C14H24O2/c1-2-13(12-15)8-6-7-11-16-14-9-4-3-5-10-14/h3,13-14H,2,4-11H2,1H3. The van der Waals surface area contributed by atoms with Crippen LogP contribution in [0.15, 0.2) is 0 Å². The minimum atomic E-state index is 0.143. The third kappa shape index (κ3) is 5.64. The lowest BCUT2D eigenvalue weighted by molar-refractivity contribution is 0.0324. The second-order valence-corrected chi connectivity index (χ2v) is 4.65. The summed E-state index contributed by atoms with van der Waals surface area (Å²) in [5, 5.41) is 0. The lowest BCUT2D eigenvalue weighted by Gasteiger charge is -2.21. The Bertz CT molecular complexity index is 174. The first-order chi connectivity index (χ1) is 7.86. The van der Waals surface area contributed by atoms with Crippen LogP contribution >= 0.6 is 0 Å². The van der Waals surface area contributed by atoms with Crippen molar-refractivity contribution < 1.29 is 9.53 Å². The summed E-state index contributed by atoms with van der Waals surface area (Å²) < 4.78 is 5.81. The number of unbranched alkanes of at least 4 members (excludes halogenated alkanes) is 1. The number of hydrogen-bond acceptors (Lipinski definition) is 2. The van der Waals surface area contributed by atoms with Gasteiger partial charge in [0.25, 0.3) is 0 Å². The molecule has 0 amide bonds. The van der Waals surface area contributed by atoms with Crippen molar-refractivity contribution in [3.05, 3.63) is 6.42 Å². The molecule has 16 heavy (non-hydrogen) atoms. The molecule has 92 valence electrons. The molecular weight excluding hydrogens is 200 g/mol. The maximum absolute atomic E-state index is 10.5. The van der Waals surface area contributed by atoms with Gasteiger partial charge in [0.05, 0.1) is 6.10 Å². The fourth-order valence-electron chi connectivity index (χ4n) is 2.15. The van der Waals surface area contributed by atoms with E-state index in [1.165, 1.54) is 25.7 Å². The van der Waals surface area contributed by atoms with Gasteiger partial charge in [-0.25, -0.2) is 0 Å². The van der Waals surface area contributed by atoms with Gasteiger partial charge in [0.2, 0.25) is 6.29 Å². The molecule has 0 saturated heterocycles. The van der Waals surface area contributed by atoms with Gasteiger partial charge in [0, 0.05) is 12.5 Å². The van der Waals surface area contributed by atoms with Crippen LogP contribution in [-0.2, 0) is 9.53 Å². The molecule has 0 heterocycles. The highest BCUT2D eigenvalue weighted by Crippen LogP contribution is 2.20. The van der Waals surface area contributed by atoms with Gasteiger partial charge in [0.1, 0.15) is 0 Å². The van der Waals surface area contributed by atoms with Crippen LogP contribution in [0, 0.1) is 12.3 Å². The summed E-state index contributed by atoms with van der Waals surface area (Å²) in [4.78, 5) is 10.5. The fraction of sp³-hybridized carbons (Fsp3) is 0.857. The lowest BCUT2D eigenvalue weighted by Crippen LogP contribution is -2.17. The molecule has 0 aromatic heterocycles. The van der Waals surface area contributed by atoms with Crippen LogP contribution in [0.5, 0.6) is 0 Å². The van der Waals surface area contributed by atoms with Crippen molar-refractivity contribution in [2.45, 2.75) is 64.4 Å². The third-order valence-electron chi connectivity index (χ3n) is 3.35. The summed E-state index contributed by atoms with van der Waals surface area (Å²) in [6, 6.07) is 0. The molecule has 1 aliphatic rings. The largest absolute Gasteiger partial charge is 0.378 e. The molecule has 1 fully saturated rings. The van der Waals surface area contributed by atoms with Crippen molar-refractivity contribution in [1.29, 1.82) is 0 Å². The Morgan fingerprint density at radius 2 is 2.12 bits per heavy atom. The maximum atomic E-state index is 10.5. The van der Waals surface area contributed by atoms with Crippen LogP contribution in [0.2, 0.25) is 0 Å². The predicted molar refractivity (Wildman–Crippen MR) is 65.8 cm³/mol. The van der Waals surface area contributed by atoms with Gasteiger partial charge >= 0.3 is 0 Å². The smallest absolute Gasteiger partial charge is 0.201 e. The van der Waals surface area contributed by atoms with Crippen molar-refractivity contribution in [2.24, 2.45) is 5.92 Å². The Kier molecular flexibility index (Phi) is 7.48. The van der Waals surface area contributed by atoms with Gasteiger partial charge < -0.3 is 4.74 Å². The van der Waals surface area contributed by atoms with E-state index >= 15 is 0 Å². The predicted octanol–water partition coefficient (Wildman–Crippen LogP) is 3.46. The van der Waals surface area contributed by atoms with Crippen LogP contribution in [-0.4, -0.2) is 19.0 Å². The van der Waals surface area contributed by atoms with Gasteiger partial charge in [-0.2, -0.15) is 0 Å². The molecule has 1 atom stereocenters. The Balaban J connectivity index is 1.92. The first-order valence-corrected chi connectivity index (χ1v) is 6.67. The minimum absolute atomic E-state index is 0.143. The molecule has 2 radical (unpaired) electrons. The summed E-state index contributed by atoms with van der Waals surface area (Å²) >= 11 is 0. The zero-order chi connectivity index (χ0) is 11.6. The van der Waals surface area contributed by atoms with E-state index in [4.69, 9.17) is 4.74 Å². The highest BCUT2D eigenvalue weighted by atomic mass is 16.5. The molecule has 2 heteroatoms. The summed E-state index contributed by atoms with van der Waals surface area (Å²) in [6.45, 7) is 2.91. The van der Waals surface area contributed by atoms with Crippen molar-refractivity contribution in [3.63, 3.8) is 0 Å². The Hall–Kier alpha value is -0.370. The second-order valence-electron chi connectivity index (χ2n) is 4.65. The van der Waals surface area contributed by atoms with Gasteiger partial charge in [-0.3, -0.25) is 4.79 Å². The summed E-state index contributed by atoms with van der Waals surface area (Å²) in [5.41, 5.74) is 0. The van der Waals surface area contributed by atoms with Crippen LogP contribution in [0.25, 0.3) is 0 Å². The maximum Gasteiger partial charge on any atom is 0.201 e. The SMILES string of the molecule is CCC([C]=O)CCCCOC1CC[CH]CC1. The van der Waals surface area contributed by atoms with E-state index < -0.39 is 0 Å². The molecule has 1 rings (SSSR count). The summed E-state index contributed by atoms with van der Waals surface area (Å²) in [6.07, 6.45) is 13.8. The van der Waals surface area contributed by atoms with E-state index in [0.29, 0.717) is 6.10 Å². The average Bonchev–Trinajstić information content (AvgIpc) is 2.35. The molecular formula is C14H24O2. The Morgan fingerprint density at radius 1 is 1.38 bits per heavy atom. The molecule has 1 saturated carbocycles. The van der Waals surface area contributed by atoms with E-state index in [2.05, 4.69) is 12.7 Å². The summed E-state index contributed by atoms with van der Waals surface area (Å²) in [7, 11) is 0. The van der Waals surface area contributed by atoms with Gasteiger partial charge in [-0.15, -0.1) is 0 Å². The summed E-state index contributed by atoms with van der Waals surface area (Å²) in [5.74, 6) is 0.143. The highest BCUT2D eigenvalue weighted by Gasteiger charge is 2.13. The van der Waals surface area contributed by atoms with Gasteiger partial charge in [-0.1, -0.05) is 13.3 Å². The zero-order valence-electron chi connectivity index (χ0n) is 10.4. The molecule has 0 aromatic rings. The minimum Gasteiger partial charge on any atom is -0.378 e. The van der Waals surface area contributed by atoms with E-state index in [1.807, 2.05) is 6.92 Å². The lowest BCUT2D eigenvalue weighted by atomic mass is 9.98. The van der Waals surface area contributed by atoms with E-state index in [9.17, 15) is 4.79 Å². The molecule has 0 aliphatic heterocycles. The first kappa shape index (κ1) is 13.7. The van der Waals surface area contributed by atoms with E-state index in [0.717, 1.165) is 32.3 Å². The monoisotopic (exact) mass is 224 g/mol. The number of rotatable bonds is 8. The Labute approximate surface area is 99.8 Å². The third-order valence-corrected chi connectivity index (χ3v) is 3.35. The molecule has 0 aromatic carbocycles. The van der Waals surface area contributed by atoms with Crippen LogP contribution in [0.3, 0.4) is 0 Å². The van der Waals surface area contributed by atoms with Crippen molar-refractivity contribution >= 4 is 6.29 Å². The van der Waals surface area contributed by atoms with Crippen molar-refractivity contribution in [3.8, 4) is 0 Å². The Morgan fingerprint density at radius 3 is 2.75 bits per heavy atom. The second kappa shape index (κ2) is 8.74. The van der Waals surface area contributed by atoms with Gasteiger partial charge in [0.15, 0.2) is 0 Å². The molecule has 0 bridgehead atoms. The van der Waals surface area contributed by atoms with E-state index in [1.54, 1.807) is 0 Å². The van der Waals surface area contributed by atoms with E-state index in [-0.39, 0.29) is 5.92 Å². The molecule has 0 N–H and O–H groups in total. The van der Waals surface area contributed by atoms with Crippen molar-refractivity contribution in [1.82, 2.24) is 0 Å². The number of ether oxygens (including phenoxy) is 1. The van der Waals surface area contributed by atoms with Crippen LogP contribution in [0.1, 0.15) is 58.3 Å². The van der Waals surface area contributed by atoms with Gasteiger partial charge in [-0.05, 0) is 51.4 Å². The molecule has 1 unspecified atom stereocenters. The molecule has 1 aliphatic carbocycles. The number of carbonyl (C=O) groups excluding carboxylic acids is 1. The quantitative estimate of drug-likeness (QED) is 0.590. The molecule has 0 spiro atoms. The van der Waals surface area contributed by atoms with Crippen LogP contribution in [0.4, 0.5) is 0 Å². The topological polar surface area (TPSA) is 26.3 Å². The first-order valence-electron chi connectivity index (χ1n) is 6.67.